The second kappa shape index (κ2) is 3.59. The molecule has 0 fully saturated rings. The number of benzene rings is 1. The maximum absolute atomic E-state index is 8.67. The Labute approximate surface area is 71.6 Å². The van der Waals surface area contributed by atoms with Gasteiger partial charge in [-0.05, 0) is 12.5 Å². The van der Waals surface area contributed by atoms with Crippen LogP contribution >= 0.6 is 0 Å². The molecule has 0 aromatic heterocycles. The van der Waals surface area contributed by atoms with Gasteiger partial charge in [0.2, 0.25) is 5.70 Å². The van der Waals surface area contributed by atoms with E-state index < -0.39 is 0 Å². The number of hydrogen-bond donors (Lipinski definition) is 1. The van der Waals surface area contributed by atoms with E-state index in [4.69, 9.17) is 11.7 Å². The molecule has 0 aliphatic rings. The summed E-state index contributed by atoms with van der Waals surface area (Å²) in [4.78, 5) is 3.17. The summed E-state index contributed by atoms with van der Waals surface area (Å²) in [7, 11) is 0. The number of aliphatic hydroxyl groups excluding tert-OH is 1. The van der Waals surface area contributed by atoms with Crippen LogP contribution in [0.1, 0.15) is 11.1 Å². The second-order valence-corrected chi connectivity index (χ2v) is 2.49. The van der Waals surface area contributed by atoms with Gasteiger partial charge >= 0.3 is 0 Å². The van der Waals surface area contributed by atoms with Crippen molar-refractivity contribution in [3.63, 3.8) is 0 Å². The fourth-order valence-corrected chi connectivity index (χ4v) is 0.892. The minimum absolute atomic E-state index is 0.273. The molecule has 0 unspecified atom stereocenters. The molecule has 0 spiro atoms. The smallest absolute Gasteiger partial charge is 0.227 e. The zero-order chi connectivity index (χ0) is 8.97. The van der Waals surface area contributed by atoms with E-state index in [-0.39, 0.29) is 5.70 Å². The van der Waals surface area contributed by atoms with E-state index in [1.807, 2.05) is 31.2 Å². The van der Waals surface area contributed by atoms with Crippen molar-refractivity contribution in [3.8, 4) is 0 Å². The van der Waals surface area contributed by atoms with Crippen LogP contribution in [0.2, 0.25) is 0 Å². The lowest BCUT2D eigenvalue weighted by Gasteiger charge is -1.97. The van der Waals surface area contributed by atoms with Gasteiger partial charge in [-0.2, -0.15) is 0 Å². The topological polar surface area (TPSA) is 24.6 Å². The highest BCUT2D eigenvalue weighted by molar-refractivity contribution is 5.69. The molecule has 0 aliphatic carbocycles. The van der Waals surface area contributed by atoms with Crippen LogP contribution in [0, 0.1) is 13.5 Å². The average molecular weight is 159 g/mol. The minimum Gasteiger partial charge on any atom is -0.527 e. The Hall–Kier alpha value is -1.75. The van der Waals surface area contributed by atoms with Crippen molar-refractivity contribution in [1.29, 1.82) is 0 Å². The minimum atomic E-state index is 0.273. The molecule has 0 heterocycles. The van der Waals surface area contributed by atoms with Crippen LogP contribution in [-0.2, 0) is 0 Å². The van der Waals surface area contributed by atoms with Crippen molar-refractivity contribution in [1.82, 2.24) is 0 Å². The summed E-state index contributed by atoms with van der Waals surface area (Å²) in [6, 6.07) is 7.44. The van der Waals surface area contributed by atoms with Crippen molar-refractivity contribution in [3.05, 3.63) is 53.1 Å². The fourth-order valence-electron chi connectivity index (χ4n) is 0.892. The molecule has 1 aromatic carbocycles. The second-order valence-electron chi connectivity index (χ2n) is 2.49. The molecule has 0 radical (unpaired) electrons. The van der Waals surface area contributed by atoms with Crippen molar-refractivity contribution >= 4 is 5.70 Å². The summed E-state index contributed by atoms with van der Waals surface area (Å²) in [6.07, 6.45) is 0.831. The van der Waals surface area contributed by atoms with E-state index in [1.54, 1.807) is 0 Å². The lowest BCUT2D eigenvalue weighted by Crippen LogP contribution is -1.79. The summed E-state index contributed by atoms with van der Waals surface area (Å²) < 4.78 is 0. The molecular formula is C10H9NO. The van der Waals surface area contributed by atoms with E-state index in [0.717, 1.165) is 17.4 Å². The zero-order valence-corrected chi connectivity index (χ0v) is 6.78. The molecule has 60 valence electrons. The lowest BCUT2D eigenvalue weighted by molar-refractivity contribution is 0.476. The van der Waals surface area contributed by atoms with E-state index in [9.17, 15) is 0 Å². The summed E-state index contributed by atoms with van der Waals surface area (Å²) in [5.41, 5.74) is 2.16. The number of aliphatic hydroxyl groups is 1. The molecule has 0 aliphatic heterocycles. The van der Waals surface area contributed by atoms with E-state index in [0.29, 0.717) is 0 Å². The molecule has 2 nitrogen and oxygen atoms in total. The first-order valence-electron chi connectivity index (χ1n) is 3.57. The average Bonchev–Trinajstić information content (AvgIpc) is 2.10. The first-order valence-corrected chi connectivity index (χ1v) is 3.57. The predicted octanol–water partition coefficient (Wildman–Crippen LogP) is 2.77. The van der Waals surface area contributed by atoms with Crippen LogP contribution < -0.4 is 0 Å². The maximum Gasteiger partial charge on any atom is 0.227 e. The molecule has 0 atom stereocenters. The van der Waals surface area contributed by atoms with Gasteiger partial charge in [0.15, 0.2) is 0 Å². The van der Waals surface area contributed by atoms with Crippen LogP contribution in [-0.4, -0.2) is 5.11 Å². The van der Waals surface area contributed by atoms with E-state index >= 15 is 0 Å². The van der Waals surface area contributed by atoms with Gasteiger partial charge in [-0.1, -0.05) is 29.8 Å². The van der Waals surface area contributed by atoms with Crippen LogP contribution in [0.5, 0.6) is 0 Å². The Morgan fingerprint density at radius 2 is 2.00 bits per heavy atom. The SMILES string of the molecule is [C-]#[N+]/C(=C\O)c1ccc(C)cc1. The first-order chi connectivity index (χ1) is 5.77. The maximum atomic E-state index is 8.67. The predicted molar refractivity (Wildman–Crippen MR) is 48.4 cm³/mol. The highest BCUT2D eigenvalue weighted by atomic mass is 16.2. The van der Waals surface area contributed by atoms with Gasteiger partial charge < -0.3 is 5.11 Å². The van der Waals surface area contributed by atoms with Gasteiger partial charge in [-0.15, -0.1) is 0 Å². The quantitative estimate of drug-likeness (QED) is 0.494. The number of aryl methyl sites for hydroxylation is 1. The summed E-state index contributed by atoms with van der Waals surface area (Å²) >= 11 is 0. The van der Waals surface area contributed by atoms with Crippen LogP contribution in [0.15, 0.2) is 30.5 Å². The molecule has 0 saturated carbocycles. The van der Waals surface area contributed by atoms with Gasteiger partial charge in [0.05, 0.1) is 12.8 Å². The van der Waals surface area contributed by atoms with Crippen LogP contribution in [0.3, 0.4) is 0 Å². The number of nitrogens with zero attached hydrogens (tertiary/aromatic N) is 1. The standard InChI is InChI=1S/C10H9NO/c1-8-3-5-9(6-4-8)10(7-12)11-2/h3-7,12H,1H3/b10-7-. The first kappa shape index (κ1) is 8.35. The Kier molecular flexibility index (Phi) is 2.49. The highest BCUT2D eigenvalue weighted by Gasteiger charge is 1.98. The van der Waals surface area contributed by atoms with Crippen molar-refractivity contribution in [2.75, 3.05) is 0 Å². The van der Waals surface area contributed by atoms with Crippen molar-refractivity contribution < 1.29 is 5.11 Å². The van der Waals surface area contributed by atoms with Crippen LogP contribution in [0.4, 0.5) is 0 Å². The fraction of sp³-hybridized carbons (Fsp3) is 0.100. The molecular weight excluding hydrogens is 150 g/mol. The molecule has 1 N–H and O–H groups in total. The largest absolute Gasteiger partial charge is 0.527 e. The number of hydrogen-bond acceptors (Lipinski definition) is 1. The molecule has 0 amide bonds. The Morgan fingerprint density at radius 1 is 1.42 bits per heavy atom. The van der Waals surface area contributed by atoms with Gasteiger partial charge in [0.25, 0.3) is 0 Å². The van der Waals surface area contributed by atoms with Gasteiger partial charge in [-0.25, -0.2) is 4.85 Å². The molecule has 12 heavy (non-hydrogen) atoms. The Balaban J connectivity index is 3.06. The summed E-state index contributed by atoms with van der Waals surface area (Å²) in [5, 5.41) is 8.67. The van der Waals surface area contributed by atoms with Crippen LogP contribution in [0.25, 0.3) is 10.5 Å². The van der Waals surface area contributed by atoms with Gasteiger partial charge in [-0.3, -0.25) is 0 Å². The molecule has 0 saturated heterocycles. The van der Waals surface area contributed by atoms with E-state index in [1.165, 1.54) is 0 Å². The van der Waals surface area contributed by atoms with E-state index in [2.05, 4.69) is 4.85 Å². The van der Waals surface area contributed by atoms with Crippen molar-refractivity contribution in [2.24, 2.45) is 0 Å². The third-order valence-electron chi connectivity index (χ3n) is 1.59. The molecule has 1 rings (SSSR count). The molecule has 0 bridgehead atoms. The Morgan fingerprint density at radius 3 is 2.42 bits per heavy atom. The molecule has 2 heteroatoms. The lowest BCUT2D eigenvalue weighted by atomic mass is 10.1. The third kappa shape index (κ3) is 1.64. The van der Waals surface area contributed by atoms with Crippen molar-refractivity contribution in [2.45, 2.75) is 6.92 Å². The highest BCUT2D eigenvalue weighted by Crippen LogP contribution is 2.15. The summed E-state index contributed by atoms with van der Waals surface area (Å²) in [6.45, 7) is 8.72. The van der Waals surface area contributed by atoms with Gasteiger partial charge in [0.1, 0.15) is 0 Å². The monoisotopic (exact) mass is 159 g/mol. The Bertz CT molecular complexity index is 330. The molecule has 1 aromatic rings. The normalized spacial score (nSPS) is 10.8. The zero-order valence-electron chi connectivity index (χ0n) is 6.78. The van der Waals surface area contributed by atoms with Gasteiger partial charge in [0, 0.05) is 0 Å². The third-order valence-corrected chi connectivity index (χ3v) is 1.59. The number of rotatable bonds is 1. The summed E-state index contributed by atoms with van der Waals surface area (Å²) in [5.74, 6) is 0.